The van der Waals surface area contributed by atoms with E-state index in [2.05, 4.69) is 10.6 Å². The molecule has 0 fully saturated rings. The molecule has 1 aromatic carbocycles. The first kappa shape index (κ1) is 17.0. The highest BCUT2D eigenvalue weighted by Gasteiger charge is 2.31. The van der Waals surface area contributed by atoms with Gasteiger partial charge < -0.3 is 15.7 Å². The summed E-state index contributed by atoms with van der Waals surface area (Å²) in [6.45, 7) is 1.47. The second-order valence-corrected chi connectivity index (χ2v) is 4.31. The molecule has 0 aliphatic heterocycles. The van der Waals surface area contributed by atoms with Crippen LogP contribution in [0.1, 0.15) is 17.5 Å². The van der Waals surface area contributed by atoms with Gasteiger partial charge in [0.15, 0.2) is 0 Å². The van der Waals surface area contributed by atoms with E-state index >= 15 is 0 Å². The van der Waals surface area contributed by atoms with Crippen molar-refractivity contribution in [3.05, 3.63) is 29.3 Å². The Balaban J connectivity index is 2.78. The second-order valence-electron chi connectivity index (χ2n) is 4.31. The Morgan fingerprint density at radius 2 is 1.90 bits per heavy atom. The molecule has 0 aliphatic carbocycles. The number of alkyl halides is 3. The summed E-state index contributed by atoms with van der Waals surface area (Å²) in [5.41, 5.74) is -0.587. The van der Waals surface area contributed by atoms with Crippen LogP contribution < -0.4 is 10.6 Å². The predicted octanol–water partition coefficient (Wildman–Crippen LogP) is 1.45. The van der Waals surface area contributed by atoms with Crippen molar-refractivity contribution in [3.8, 4) is 0 Å². The lowest BCUT2D eigenvalue weighted by Gasteiger charge is -2.12. The molecule has 3 N–H and O–H groups in total. The summed E-state index contributed by atoms with van der Waals surface area (Å²) in [4.78, 5) is 22.9. The minimum atomic E-state index is -4.53. The summed E-state index contributed by atoms with van der Waals surface area (Å²) in [5.74, 6) is -2.03. The van der Waals surface area contributed by atoms with Gasteiger partial charge in [-0.3, -0.25) is 9.59 Å². The van der Waals surface area contributed by atoms with E-state index < -0.39 is 23.6 Å². The van der Waals surface area contributed by atoms with E-state index in [1.54, 1.807) is 0 Å². The van der Waals surface area contributed by atoms with E-state index in [0.717, 1.165) is 12.1 Å². The van der Waals surface area contributed by atoms with Crippen molar-refractivity contribution in [1.29, 1.82) is 0 Å². The number of amides is 2. The van der Waals surface area contributed by atoms with E-state index in [0.29, 0.717) is 5.56 Å². The molecule has 0 bridgehead atoms. The normalized spacial score (nSPS) is 11.1. The van der Waals surface area contributed by atoms with Gasteiger partial charge in [0.1, 0.15) is 0 Å². The Morgan fingerprint density at radius 1 is 1.24 bits per heavy atom. The zero-order valence-corrected chi connectivity index (χ0v) is 11.3. The van der Waals surface area contributed by atoms with Crippen LogP contribution in [-0.4, -0.2) is 30.1 Å². The topological polar surface area (TPSA) is 78.4 Å². The summed E-state index contributed by atoms with van der Waals surface area (Å²) < 4.78 is 37.8. The fourth-order valence-corrected chi connectivity index (χ4v) is 1.47. The van der Waals surface area contributed by atoms with Crippen molar-refractivity contribution >= 4 is 17.5 Å². The molecule has 116 valence electrons. The molecule has 1 rings (SSSR count). The Labute approximate surface area is 119 Å². The number of carbonyl (C=O) groups excluding carboxylic acids is 2. The standard InChI is InChI=1S/C13H15F3N2O3/c1-8-3-4-9(13(14,15)16)7-10(8)18-12(21)11(20)17-5-2-6-19/h3-4,7,19H,2,5-6H2,1H3,(H,17,20)(H,18,21). The summed E-state index contributed by atoms with van der Waals surface area (Å²) in [7, 11) is 0. The van der Waals surface area contributed by atoms with Gasteiger partial charge in [0, 0.05) is 18.8 Å². The SMILES string of the molecule is Cc1ccc(C(F)(F)F)cc1NC(=O)C(=O)NCCCO. The lowest BCUT2D eigenvalue weighted by Crippen LogP contribution is -2.36. The van der Waals surface area contributed by atoms with Crippen LogP contribution in [0.2, 0.25) is 0 Å². The number of benzene rings is 1. The van der Waals surface area contributed by atoms with Crippen LogP contribution in [-0.2, 0) is 15.8 Å². The minimum absolute atomic E-state index is 0.0767. The van der Waals surface area contributed by atoms with Crippen molar-refractivity contribution in [2.45, 2.75) is 19.5 Å². The van der Waals surface area contributed by atoms with Gasteiger partial charge in [-0.05, 0) is 31.0 Å². The smallest absolute Gasteiger partial charge is 0.396 e. The first-order valence-electron chi connectivity index (χ1n) is 6.13. The first-order chi connectivity index (χ1) is 9.75. The maximum Gasteiger partial charge on any atom is 0.416 e. The zero-order valence-electron chi connectivity index (χ0n) is 11.3. The number of anilines is 1. The van der Waals surface area contributed by atoms with Crippen molar-refractivity contribution < 1.29 is 27.9 Å². The minimum Gasteiger partial charge on any atom is -0.396 e. The van der Waals surface area contributed by atoms with Crippen molar-refractivity contribution in [2.24, 2.45) is 0 Å². The van der Waals surface area contributed by atoms with E-state index in [1.807, 2.05) is 0 Å². The molecule has 0 radical (unpaired) electrons. The summed E-state index contributed by atoms with van der Waals surface area (Å²) >= 11 is 0. The predicted molar refractivity (Wildman–Crippen MR) is 69.5 cm³/mol. The average Bonchev–Trinajstić information content (AvgIpc) is 2.40. The van der Waals surface area contributed by atoms with Gasteiger partial charge in [0.25, 0.3) is 0 Å². The highest BCUT2D eigenvalue weighted by Crippen LogP contribution is 2.31. The molecule has 0 spiro atoms. The fourth-order valence-electron chi connectivity index (χ4n) is 1.47. The van der Waals surface area contributed by atoms with Crippen LogP contribution in [0.5, 0.6) is 0 Å². The Hall–Kier alpha value is -2.09. The van der Waals surface area contributed by atoms with Crippen molar-refractivity contribution in [3.63, 3.8) is 0 Å². The number of hydrogen-bond donors (Lipinski definition) is 3. The van der Waals surface area contributed by atoms with E-state index in [9.17, 15) is 22.8 Å². The van der Waals surface area contributed by atoms with Crippen LogP contribution in [0, 0.1) is 6.92 Å². The maximum absolute atomic E-state index is 12.6. The summed E-state index contributed by atoms with van der Waals surface area (Å²) in [6, 6.07) is 2.88. The third-order valence-corrected chi connectivity index (χ3v) is 2.64. The Bertz CT molecular complexity index is 530. The number of hydrogen-bond acceptors (Lipinski definition) is 3. The van der Waals surface area contributed by atoms with Gasteiger partial charge in [-0.2, -0.15) is 13.2 Å². The number of nitrogens with one attached hydrogen (secondary N) is 2. The zero-order chi connectivity index (χ0) is 16.0. The van der Waals surface area contributed by atoms with Gasteiger partial charge in [-0.15, -0.1) is 0 Å². The fraction of sp³-hybridized carbons (Fsp3) is 0.385. The van der Waals surface area contributed by atoms with Crippen LogP contribution in [0.25, 0.3) is 0 Å². The van der Waals surface area contributed by atoms with E-state index in [4.69, 9.17) is 5.11 Å². The first-order valence-corrected chi connectivity index (χ1v) is 6.13. The van der Waals surface area contributed by atoms with Gasteiger partial charge in [-0.25, -0.2) is 0 Å². The molecule has 21 heavy (non-hydrogen) atoms. The number of carbonyl (C=O) groups is 2. The molecule has 0 atom stereocenters. The molecule has 0 saturated heterocycles. The largest absolute Gasteiger partial charge is 0.416 e. The number of aliphatic hydroxyl groups excluding tert-OH is 1. The van der Waals surface area contributed by atoms with Crippen LogP contribution in [0.3, 0.4) is 0 Å². The molecular formula is C13H15F3N2O3. The Kier molecular flexibility index (Phi) is 5.71. The van der Waals surface area contributed by atoms with Crippen LogP contribution in [0.15, 0.2) is 18.2 Å². The third kappa shape index (κ3) is 5.07. The summed E-state index contributed by atoms with van der Waals surface area (Å²) in [6.07, 6.45) is -4.25. The van der Waals surface area contributed by atoms with Crippen LogP contribution in [0.4, 0.5) is 18.9 Å². The monoisotopic (exact) mass is 304 g/mol. The number of aliphatic hydroxyl groups is 1. The number of rotatable bonds is 4. The molecule has 5 nitrogen and oxygen atoms in total. The number of aryl methyl sites for hydroxylation is 1. The lowest BCUT2D eigenvalue weighted by atomic mass is 10.1. The van der Waals surface area contributed by atoms with Gasteiger partial charge in [-0.1, -0.05) is 6.07 Å². The number of halogens is 3. The molecular weight excluding hydrogens is 289 g/mol. The van der Waals surface area contributed by atoms with Crippen LogP contribution >= 0.6 is 0 Å². The maximum atomic E-state index is 12.6. The second kappa shape index (κ2) is 7.07. The molecule has 0 heterocycles. The molecule has 1 aromatic rings. The van der Waals surface area contributed by atoms with E-state index in [-0.39, 0.29) is 25.3 Å². The van der Waals surface area contributed by atoms with Gasteiger partial charge >= 0.3 is 18.0 Å². The molecule has 0 aliphatic rings. The molecule has 0 saturated carbocycles. The molecule has 8 heteroatoms. The lowest BCUT2D eigenvalue weighted by molar-refractivity contribution is -0.137. The molecule has 0 unspecified atom stereocenters. The average molecular weight is 304 g/mol. The third-order valence-electron chi connectivity index (χ3n) is 2.64. The van der Waals surface area contributed by atoms with Gasteiger partial charge in [0.05, 0.1) is 5.56 Å². The summed E-state index contributed by atoms with van der Waals surface area (Å²) in [5, 5.41) is 12.9. The van der Waals surface area contributed by atoms with Gasteiger partial charge in [0.2, 0.25) is 0 Å². The highest BCUT2D eigenvalue weighted by molar-refractivity contribution is 6.39. The Morgan fingerprint density at radius 3 is 2.48 bits per heavy atom. The van der Waals surface area contributed by atoms with Crippen molar-refractivity contribution in [2.75, 3.05) is 18.5 Å². The van der Waals surface area contributed by atoms with Crippen molar-refractivity contribution in [1.82, 2.24) is 5.32 Å². The molecule has 0 aromatic heterocycles. The van der Waals surface area contributed by atoms with E-state index in [1.165, 1.54) is 13.0 Å². The quantitative estimate of drug-likeness (QED) is 0.582. The highest BCUT2D eigenvalue weighted by atomic mass is 19.4. The molecule has 2 amide bonds.